The van der Waals surface area contributed by atoms with Gasteiger partial charge in [-0.25, -0.2) is 0 Å². The van der Waals surface area contributed by atoms with Gasteiger partial charge in [0.05, 0.1) is 6.61 Å². The van der Waals surface area contributed by atoms with Gasteiger partial charge < -0.3 is 10.2 Å². The molecule has 64 valence electrons. The third-order valence-corrected chi connectivity index (χ3v) is 1.22. The molecule has 0 unspecified atom stereocenters. The fraction of sp³-hybridized carbons (Fsp3) is 0.833. The van der Waals surface area contributed by atoms with E-state index in [4.69, 9.17) is 4.74 Å². The molecule has 0 fully saturated rings. The van der Waals surface area contributed by atoms with Crippen LogP contribution in [0.2, 0.25) is 0 Å². The van der Waals surface area contributed by atoms with Crippen LogP contribution in [0.5, 0.6) is 0 Å². The van der Waals surface area contributed by atoms with Crippen molar-refractivity contribution in [2.24, 2.45) is 0 Å². The van der Waals surface area contributed by atoms with Gasteiger partial charge in [0.2, 0.25) is 4.38 Å². The van der Waals surface area contributed by atoms with Crippen molar-refractivity contribution in [1.29, 1.82) is 0 Å². The summed E-state index contributed by atoms with van der Waals surface area (Å²) in [5, 5.41) is 0. The van der Waals surface area contributed by atoms with Gasteiger partial charge in [-0.15, -0.1) is 0 Å². The van der Waals surface area contributed by atoms with Gasteiger partial charge in [0, 0.05) is 0 Å². The second-order valence-electron chi connectivity index (χ2n) is 1.82. The Morgan fingerprint density at radius 3 is 2.36 bits per heavy atom. The molecule has 5 heteroatoms. The molecule has 0 radical (unpaired) electrons. The molecule has 0 atom stereocenters. The molecular formula is C6H15KO2S2. The average molecular weight is 222 g/mol. The van der Waals surface area contributed by atoms with E-state index >= 15 is 0 Å². The summed E-state index contributed by atoms with van der Waals surface area (Å²) in [4.78, 5) is 0. The average Bonchev–Trinajstić information content (AvgIpc) is 1.80. The maximum absolute atomic E-state index is 4.94. The van der Waals surface area contributed by atoms with Crippen LogP contribution in [0.15, 0.2) is 0 Å². The van der Waals surface area contributed by atoms with E-state index in [-0.39, 0.29) is 56.9 Å². The summed E-state index contributed by atoms with van der Waals surface area (Å²) in [7, 11) is 0. The van der Waals surface area contributed by atoms with Crippen LogP contribution in [-0.4, -0.2) is 67.9 Å². The van der Waals surface area contributed by atoms with E-state index in [9.17, 15) is 0 Å². The number of rotatable bonds is 4. The molecule has 0 aromatic rings. The number of thiocarbonyl (C=S) groups is 1. The predicted molar refractivity (Wildman–Crippen MR) is 57.8 cm³/mol. The molecule has 0 aliphatic rings. The molecule has 0 rings (SSSR count). The van der Waals surface area contributed by atoms with Crippen LogP contribution in [0.3, 0.4) is 0 Å². The standard InChI is InChI=1S/C6H12OS2.K.H2O.H/c1-2-3-4-5-7-6(8)9;;;/h2-5H2,1H3,(H,8,9);;1H2;. The van der Waals surface area contributed by atoms with Crippen LogP contribution in [0, 0.1) is 0 Å². The van der Waals surface area contributed by atoms with Crippen LogP contribution in [0.4, 0.5) is 0 Å². The van der Waals surface area contributed by atoms with Crippen LogP contribution < -0.4 is 0 Å². The predicted octanol–water partition coefficient (Wildman–Crippen LogP) is 0.935. The molecule has 0 aliphatic heterocycles. The van der Waals surface area contributed by atoms with E-state index in [1.165, 1.54) is 12.8 Å². The van der Waals surface area contributed by atoms with Crippen molar-refractivity contribution in [3.63, 3.8) is 0 Å². The third-order valence-electron chi connectivity index (χ3n) is 0.973. The summed E-state index contributed by atoms with van der Waals surface area (Å²) in [6.45, 7) is 2.87. The Labute approximate surface area is 122 Å². The second-order valence-corrected chi connectivity index (χ2v) is 2.90. The first kappa shape index (κ1) is 18.6. The molecule has 0 aromatic heterocycles. The van der Waals surface area contributed by atoms with E-state index in [0.717, 1.165) is 13.0 Å². The van der Waals surface area contributed by atoms with E-state index < -0.39 is 0 Å². The van der Waals surface area contributed by atoms with Crippen molar-refractivity contribution in [2.75, 3.05) is 6.61 Å². The Hall–Kier alpha value is 1.84. The van der Waals surface area contributed by atoms with Crippen LogP contribution in [0.25, 0.3) is 0 Å². The summed E-state index contributed by atoms with van der Waals surface area (Å²) in [6, 6.07) is 0. The third kappa shape index (κ3) is 18.6. The molecule has 11 heavy (non-hydrogen) atoms. The van der Waals surface area contributed by atoms with E-state index in [0.29, 0.717) is 4.38 Å². The minimum absolute atomic E-state index is 0. The fourth-order valence-electron chi connectivity index (χ4n) is 0.512. The van der Waals surface area contributed by atoms with Crippen molar-refractivity contribution in [3.8, 4) is 0 Å². The Morgan fingerprint density at radius 2 is 2.00 bits per heavy atom. The maximum atomic E-state index is 4.94. The number of hydrogen-bond donors (Lipinski definition) is 1. The molecule has 0 bridgehead atoms. The molecule has 0 spiro atoms. The van der Waals surface area contributed by atoms with Gasteiger partial charge in [-0.2, -0.15) is 0 Å². The van der Waals surface area contributed by atoms with Crippen LogP contribution >= 0.6 is 24.8 Å². The molecule has 0 saturated heterocycles. The van der Waals surface area contributed by atoms with Gasteiger partial charge in [-0.05, 0) is 18.6 Å². The topological polar surface area (TPSA) is 40.7 Å². The second kappa shape index (κ2) is 14.4. The van der Waals surface area contributed by atoms with Gasteiger partial charge in [0.1, 0.15) is 0 Å². The van der Waals surface area contributed by atoms with Gasteiger partial charge in [-0.1, -0.05) is 32.4 Å². The van der Waals surface area contributed by atoms with Crippen molar-refractivity contribution in [2.45, 2.75) is 26.2 Å². The zero-order valence-electron chi connectivity index (χ0n) is 6.09. The minimum atomic E-state index is 0. The molecule has 2 nitrogen and oxygen atoms in total. The number of unbranched alkanes of at least 4 members (excludes halogenated alkanes) is 2. The zero-order valence-corrected chi connectivity index (χ0v) is 7.80. The monoisotopic (exact) mass is 222 g/mol. The Morgan fingerprint density at radius 1 is 1.45 bits per heavy atom. The molecule has 2 N–H and O–H groups in total. The Balaban J connectivity index is -0.000000320. The number of ether oxygens (including phenoxy) is 1. The van der Waals surface area contributed by atoms with E-state index in [2.05, 4.69) is 31.8 Å². The normalized spacial score (nSPS) is 7.45. The summed E-state index contributed by atoms with van der Waals surface area (Å²) in [5.74, 6) is 0. The molecular weight excluding hydrogens is 207 g/mol. The summed E-state index contributed by atoms with van der Waals surface area (Å²) >= 11 is 8.40. The van der Waals surface area contributed by atoms with E-state index in [1.807, 2.05) is 0 Å². The molecule has 0 aliphatic carbocycles. The first-order valence-corrected chi connectivity index (χ1v) is 3.98. The van der Waals surface area contributed by atoms with Gasteiger partial charge in [0.15, 0.2) is 0 Å². The van der Waals surface area contributed by atoms with Crippen molar-refractivity contribution in [1.82, 2.24) is 0 Å². The first-order valence-electron chi connectivity index (χ1n) is 3.13. The molecule has 0 aromatic carbocycles. The summed E-state index contributed by atoms with van der Waals surface area (Å²) in [5.41, 5.74) is 0. The Kier molecular flexibility index (Phi) is 24.3. The number of hydrogen-bond acceptors (Lipinski definition) is 2. The van der Waals surface area contributed by atoms with Crippen molar-refractivity contribution in [3.05, 3.63) is 0 Å². The van der Waals surface area contributed by atoms with Gasteiger partial charge >= 0.3 is 51.4 Å². The van der Waals surface area contributed by atoms with Crippen molar-refractivity contribution >= 4 is 80.6 Å². The van der Waals surface area contributed by atoms with Crippen LogP contribution in [-0.2, 0) is 4.74 Å². The van der Waals surface area contributed by atoms with E-state index in [1.54, 1.807) is 0 Å². The van der Waals surface area contributed by atoms with Gasteiger partial charge in [0.25, 0.3) is 0 Å². The van der Waals surface area contributed by atoms with Crippen molar-refractivity contribution < 1.29 is 10.2 Å². The zero-order chi connectivity index (χ0) is 7.11. The quantitative estimate of drug-likeness (QED) is 0.333. The molecule has 0 amide bonds. The summed E-state index contributed by atoms with van der Waals surface area (Å²) < 4.78 is 5.29. The first-order chi connectivity index (χ1) is 4.27. The van der Waals surface area contributed by atoms with Crippen LogP contribution in [0.1, 0.15) is 26.2 Å². The fourth-order valence-corrected chi connectivity index (χ4v) is 0.686. The summed E-state index contributed by atoms with van der Waals surface area (Å²) in [6.07, 6.45) is 3.50. The SMILES string of the molecule is CCCCCOC(=S)S.O.[KH]. The van der Waals surface area contributed by atoms with Gasteiger partial charge in [-0.3, -0.25) is 0 Å². The molecule has 0 saturated carbocycles. The molecule has 0 heterocycles. The number of thiol groups is 1. The Bertz CT molecular complexity index is 90.7.